The van der Waals surface area contributed by atoms with E-state index in [-0.39, 0.29) is 0 Å². The summed E-state index contributed by atoms with van der Waals surface area (Å²) >= 11 is 0. The Bertz CT molecular complexity index is 499. The number of aryl methyl sites for hydroxylation is 1. The molecule has 0 saturated carbocycles. The Hall–Kier alpha value is -2.58. The zero-order valence-corrected chi connectivity index (χ0v) is 11.0. The van der Waals surface area contributed by atoms with E-state index in [0.29, 0.717) is 13.0 Å². The van der Waals surface area contributed by atoms with Crippen LogP contribution in [-0.2, 0) is 23.1 Å². The van der Waals surface area contributed by atoms with Gasteiger partial charge in [-0.3, -0.25) is 9.48 Å². The molecular weight excluding hydrogens is 266 g/mol. The van der Waals surface area contributed by atoms with Crippen molar-refractivity contribution >= 4 is 17.9 Å². The number of primary amides is 1. The first-order chi connectivity index (χ1) is 9.38. The molecule has 0 radical (unpaired) electrons. The van der Waals surface area contributed by atoms with E-state index in [2.05, 4.69) is 15.7 Å². The average molecular weight is 283 g/mol. The second-order valence-electron chi connectivity index (χ2n) is 4.19. The molecule has 1 unspecified atom stereocenters. The number of carbonyl (C=O) groups is 3. The second-order valence-corrected chi connectivity index (χ2v) is 4.19. The average Bonchev–Trinajstić information content (AvgIpc) is 2.73. The van der Waals surface area contributed by atoms with Crippen LogP contribution < -0.4 is 16.4 Å². The molecule has 20 heavy (non-hydrogen) atoms. The minimum absolute atomic E-state index is 0.297. The summed E-state index contributed by atoms with van der Waals surface area (Å²) in [6.07, 6.45) is 1.84. The fourth-order valence-corrected chi connectivity index (χ4v) is 1.51. The van der Waals surface area contributed by atoms with Crippen LogP contribution in [-0.4, -0.2) is 45.4 Å². The summed E-state index contributed by atoms with van der Waals surface area (Å²) in [6, 6.07) is -0.191. The Morgan fingerprint density at radius 1 is 1.50 bits per heavy atom. The normalized spacial score (nSPS) is 11.7. The van der Waals surface area contributed by atoms with Crippen LogP contribution in [0.25, 0.3) is 0 Å². The monoisotopic (exact) mass is 283 g/mol. The van der Waals surface area contributed by atoms with Crippen molar-refractivity contribution in [3.63, 3.8) is 0 Å². The third-order valence-corrected chi connectivity index (χ3v) is 2.44. The number of hydrogen-bond donors (Lipinski definition) is 4. The van der Waals surface area contributed by atoms with Crippen molar-refractivity contribution in [2.24, 2.45) is 12.8 Å². The maximum Gasteiger partial charge on any atom is 0.326 e. The standard InChI is InChI=1S/C11H17N5O4/c1-16-5-3-7(15-16)2-4-13-11(20)14-8(10(18)19)6-9(12)17/h3,5,8H,2,4,6H2,1H3,(H2,12,17)(H,18,19)(H2,13,14,20). The number of urea groups is 1. The molecular formula is C11H17N5O4. The van der Waals surface area contributed by atoms with Gasteiger partial charge in [-0.2, -0.15) is 5.10 Å². The van der Waals surface area contributed by atoms with Gasteiger partial charge in [0.05, 0.1) is 12.1 Å². The molecule has 1 atom stereocenters. The van der Waals surface area contributed by atoms with E-state index >= 15 is 0 Å². The summed E-state index contributed by atoms with van der Waals surface area (Å²) in [6.45, 7) is 0.297. The summed E-state index contributed by atoms with van der Waals surface area (Å²) in [5.41, 5.74) is 5.71. The number of hydrogen-bond acceptors (Lipinski definition) is 4. The highest BCUT2D eigenvalue weighted by Crippen LogP contribution is 1.94. The Morgan fingerprint density at radius 2 is 2.20 bits per heavy atom. The maximum atomic E-state index is 11.5. The maximum absolute atomic E-state index is 11.5. The first kappa shape index (κ1) is 15.5. The molecule has 110 valence electrons. The summed E-state index contributed by atoms with van der Waals surface area (Å²) in [7, 11) is 1.78. The van der Waals surface area contributed by atoms with Gasteiger partial charge in [-0.15, -0.1) is 0 Å². The van der Waals surface area contributed by atoms with E-state index < -0.39 is 30.4 Å². The number of amides is 3. The lowest BCUT2D eigenvalue weighted by molar-refractivity contribution is -0.140. The van der Waals surface area contributed by atoms with Crippen LogP contribution in [0.1, 0.15) is 12.1 Å². The van der Waals surface area contributed by atoms with Gasteiger partial charge >= 0.3 is 12.0 Å². The van der Waals surface area contributed by atoms with Gasteiger partial charge in [-0.25, -0.2) is 9.59 Å². The lowest BCUT2D eigenvalue weighted by atomic mass is 10.2. The molecule has 3 amide bonds. The number of rotatable bonds is 7. The summed E-state index contributed by atoms with van der Waals surface area (Å²) < 4.78 is 1.64. The quantitative estimate of drug-likeness (QED) is 0.487. The van der Waals surface area contributed by atoms with E-state index in [1.807, 2.05) is 6.07 Å². The number of carboxylic acids is 1. The minimum atomic E-state index is -1.33. The highest BCUT2D eigenvalue weighted by atomic mass is 16.4. The van der Waals surface area contributed by atoms with Crippen LogP contribution in [0.15, 0.2) is 12.3 Å². The van der Waals surface area contributed by atoms with E-state index in [9.17, 15) is 14.4 Å². The van der Waals surface area contributed by atoms with E-state index in [1.165, 1.54) is 0 Å². The van der Waals surface area contributed by atoms with Crippen molar-refractivity contribution in [2.45, 2.75) is 18.9 Å². The van der Waals surface area contributed by atoms with Crippen molar-refractivity contribution in [2.75, 3.05) is 6.54 Å². The van der Waals surface area contributed by atoms with Gasteiger partial charge in [0.2, 0.25) is 5.91 Å². The van der Waals surface area contributed by atoms with Crippen molar-refractivity contribution < 1.29 is 19.5 Å². The van der Waals surface area contributed by atoms with Crippen molar-refractivity contribution in [1.82, 2.24) is 20.4 Å². The fraction of sp³-hybridized carbons (Fsp3) is 0.455. The molecule has 5 N–H and O–H groups in total. The van der Waals surface area contributed by atoms with E-state index in [1.54, 1.807) is 17.9 Å². The Balaban J connectivity index is 2.34. The van der Waals surface area contributed by atoms with Gasteiger partial charge in [-0.05, 0) is 6.07 Å². The van der Waals surface area contributed by atoms with Crippen LogP contribution in [0.2, 0.25) is 0 Å². The Morgan fingerprint density at radius 3 is 2.70 bits per heavy atom. The van der Waals surface area contributed by atoms with Gasteiger partial charge in [-0.1, -0.05) is 0 Å². The highest BCUT2D eigenvalue weighted by molar-refractivity contribution is 5.87. The second kappa shape index (κ2) is 7.12. The minimum Gasteiger partial charge on any atom is -0.480 e. The summed E-state index contributed by atoms with van der Waals surface area (Å²) in [5, 5.41) is 17.6. The number of nitrogens with two attached hydrogens (primary N) is 1. The molecule has 9 heteroatoms. The fourth-order valence-electron chi connectivity index (χ4n) is 1.51. The Kier molecular flexibility index (Phi) is 5.51. The van der Waals surface area contributed by atoms with Crippen molar-refractivity contribution in [3.05, 3.63) is 18.0 Å². The number of carboxylic acid groups (broad SMARTS) is 1. The molecule has 0 spiro atoms. The number of aromatic nitrogens is 2. The molecule has 1 aromatic heterocycles. The molecule has 1 aromatic rings. The summed E-state index contributed by atoms with van der Waals surface area (Å²) in [5.74, 6) is -2.12. The topological polar surface area (TPSA) is 139 Å². The molecule has 9 nitrogen and oxygen atoms in total. The number of nitrogens with one attached hydrogen (secondary N) is 2. The molecule has 0 bridgehead atoms. The first-order valence-electron chi connectivity index (χ1n) is 5.92. The molecule has 0 fully saturated rings. The molecule has 0 aliphatic rings. The zero-order valence-electron chi connectivity index (χ0n) is 11.0. The Labute approximate surface area is 115 Å². The van der Waals surface area contributed by atoms with Crippen LogP contribution in [0.3, 0.4) is 0 Å². The van der Waals surface area contributed by atoms with Gasteiger partial charge in [0.25, 0.3) is 0 Å². The summed E-state index contributed by atoms with van der Waals surface area (Å²) in [4.78, 5) is 33.0. The molecule has 1 heterocycles. The lowest BCUT2D eigenvalue weighted by Crippen LogP contribution is -2.48. The van der Waals surface area contributed by atoms with Gasteiger partial charge < -0.3 is 21.5 Å². The third-order valence-electron chi connectivity index (χ3n) is 2.44. The van der Waals surface area contributed by atoms with Crippen LogP contribution in [0.5, 0.6) is 0 Å². The number of aliphatic carboxylic acids is 1. The van der Waals surface area contributed by atoms with Crippen molar-refractivity contribution in [3.8, 4) is 0 Å². The van der Waals surface area contributed by atoms with E-state index in [0.717, 1.165) is 5.69 Å². The lowest BCUT2D eigenvalue weighted by Gasteiger charge is -2.13. The predicted octanol–water partition coefficient (Wildman–Crippen LogP) is -1.41. The molecule has 0 aromatic carbocycles. The first-order valence-corrected chi connectivity index (χ1v) is 5.92. The largest absolute Gasteiger partial charge is 0.480 e. The molecule has 0 aliphatic heterocycles. The number of nitrogens with zero attached hydrogens (tertiary/aromatic N) is 2. The number of carbonyl (C=O) groups excluding carboxylic acids is 2. The molecule has 0 saturated heterocycles. The molecule has 1 rings (SSSR count). The van der Waals surface area contributed by atoms with Gasteiger partial charge in [0.1, 0.15) is 6.04 Å². The van der Waals surface area contributed by atoms with E-state index in [4.69, 9.17) is 10.8 Å². The van der Waals surface area contributed by atoms with Gasteiger partial charge in [0.15, 0.2) is 0 Å². The van der Waals surface area contributed by atoms with Crippen molar-refractivity contribution in [1.29, 1.82) is 0 Å². The van der Waals surface area contributed by atoms with Crippen LogP contribution in [0.4, 0.5) is 4.79 Å². The smallest absolute Gasteiger partial charge is 0.326 e. The van der Waals surface area contributed by atoms with Crippen LogP contribution in [0, 0.1) is 0 Å². The highest BCUT2D eigenvalue weighted by Gasteiger charge is 2.21. The van der Waals surface area contributed by atoms with Gasteiger partial charge in [0, 0.05) is 26.2 Å². The molecule has 0 aliphatic carbocycles. The third kappa shape index (κ3) is 5.38. The zero-order chi connectivity index (χ0) is 15.1. The van der Waals surface area contributed by atoms with Crippen LogP contribution >= 0.6 is 0 Å². The predicted molar refractivity (Wildman–Crippen MR) is 68.7 cm³/mol. The SMILES string of the molecule is Cn1ccc(CCNC(=O)NC(CC(N)=O)C(=O)O)n1.